The van der Waals surface area contributed by atoms with E-state index in [1.54, 1.807) is 0 Å². The van der Waals surface area contributed by atoms with Crippen molar-refractivity contribution in [3.05, 3.63) is 42.2 Å². The largest absolute Gasteiger partial charge is 0.426 e. The standard InChI is InChI=1S/C37H56N2O2/c1-3-5-7-8-9-10-11-12-14-30-15-19-31(20-16-30)34-27-38-36(39-28-34)32-23-25-35(26-24-32)41-37(40)33-21-17-29(18-22-33)13-6-4-2/h23-31,33H,3-22H2,1-2H3. The third-order valence-corrected chi connectivity index (χ3v) is 9.93. The van der Waals surface area contributed by atoms with Crippen molar-refractivity contribution in [3.63, 3.8) is 0 Å². The Bertz CT molecular complexity index is 987. The van der Waals surface area contributed by atoms with Crippen molar-refractivity contribution in [2.45, 2.75) is 148 Å². The molecule has 0 amide bonds. The lowest BCUT2D eigenvalue weighted by Gasteiger charge is -2.28. The number of carbonyl (C=O) groups excluding carboxylic acids is 1. The summed E-state index contributed by atoms with van der Waals surface area (Å²) >= 11 is 0. The van der Waals surface area contributed by atoms with Gasteiger partial charge in [0.25, 0.3) is 0 Å². The minimum absolute atomic E-state index is 0.0450. The molecule has 1 heterocycles. The van der Waals surface area contributed by atoms with Crippen LogP contribution in [0.2, 0.25) is 0 Å². The fourth-order valence-corrected chi connectivity index (χ4v) is 7.10. The third-order valence-electron chi connectivity index (χ3n) is 9.93. The highest BCUT2D eigenvalue weighted by molar-refractivity contribution is 5.75. The molecule has 41 heavy (non-hydrogen) atoms. The molecule has 0 spiro atoms. The maximum absolute atomic E-state index is 12.7. The molecule has 0 radical (unpaired) electrons. The summed E-state index contributed by atoms with van der Waals surface area (Å²) in [5.41, 5.74) is 2.25. The molecule has 4 nitrogen and oxygen atoms in total. The van der Waals surface area contributed by atoms with Gasteiger partial charge in [0.15, 0.2) is 5.82 Å². The van der Waals surface area contributed by atoms with Gasteiger partial charge in [-0.2, -0.15) is 0 Å². The number of esters is 1. The first-order valence-corrected chi connectivity index (χ1v) is 17.3. The SMILES string of the molecule is CCCCCCCCCCC1CCC(c2cnc(-c3ccc(OC(=O)C4CCC(CCCC)CC4)cc3)nc2)CC1. The maximum atomic E-state index is 12.7. The Balaban J connectivity index is 1.15. The second-order valence-corrected chi connectivity index (χ2v) is 13.1. The highest BCUT2D eigenvalue weighted by atomic mass is 16.5. The number of carbonyl (C=O) groups is 1. The molecule has 4 rings (SSSR count). The van der Waals surface area contributed by atoms with Crippen molar-refractivity contribution < 1.29 is 9.53 Å². The fraction of sp³-hybridized carbons (Fsp3) is 0.703. The van der Waals surface area contributed by atoms with Crippen LogP contribution in [0, 0.1) is 17.8 Å². The first-order chi connectivity index (χ1) is 20.2. The molecule has 0 aliphatic heterocycles. The number of unbranched alkanes of at least 4 members (excludes halogenated alkanes) is 8. The third kappa shape index (κ3) is 10.5. The van der Waals surface area contributed by atoms with Crippen LogP contribution in [0.1, 0.15) is 154 Å². The van der Waals surface area contributed by atoms with Crippen LogP contribution in [-0.4, -0.2) is 15.9 Å². The Morgan fingerprint density at radius 3 is 1.83 bits per heavy atom. The molecule has 1 aromatic heterocycles. The first-order valence-electron chi connectivity index (χ1n) is 17.3. The lowest BCUT2D eigenvalue weighted by Crippen LogP contribution is -2.25. The molecular formula is C37H56N2O2. The zero-order chi connectivity index (χ0) is 28.7. The van der Waals surface area contributed by atoms with Crippen LogP contribution in [0.5, 0.6) is 5.75 Å². The van der Waals surface area contributed by atoms with Crippen molar-refractivity contribution >= 4 is 5.97 Å². The van der Waals surface area contributed by atoms with Crippen LogP contribution < -0.4 is 4.74 Å². The van der Waals surface area contributed by atoms with Gasteiger partial charge < -0.3 is 4.74 Å². The van der Waals surface area contributed by atoms with Gasteiger partial charge in [0.1, 0.15) is 5.75 Å². The zero-order valence-corrected chi connectivity index (χ0v) is 26.1. The van der Waals surface area contributed by atoms with Crippen molar-refractivity contribution in [1.82, 2.24) is 9.97 Å². The molecule has 2 aliphatic carbocycles. The van der Waals surface area contributed by atoms with Crippen LogP contribution >= 0.6 is 0 Å². The van der Waals surface area contributed by atoms with E-state index in [4.69, 9.17) is 14.7 Å². The molecule has 226 valence electrons. The minimum Gasteiger partial charge on any atom is -0.426 e. The van der Waals surface area contributed by atoms with Gasteiger partial charge >= 0.3 is 5.97 Å². The Morgan fingerprint density at radius 1 is 0.683 bits per heavy atom. The van der Waals surface area contributed by atoms with E-state index in [2.05, 4.69) is 13.8 Å². The van der Waals surface area contributed by atoms with E-state index in [9.17, 15) is 4.79 Å². The van der Waals surface area contributed by atoms with E-state index in [0.717, 1.165) is 48.9 Å². The molecule has 2 aromatic rings. The van der Waals surface area contributed by atoms with E-state index in [1.165, 1.54) is 108 Å². The van der Waals surface area contributed by atoms with Gasteiger partial charge in [-0.05, 0) is 98.9 Å². The molecule has 2 fully saturated rings. The Morgan fingerprint density at radius 2 is 1.22 bits per heavy atom. The smallest absolute Gasteiger partial charge is 0.314 e. The molecular weight excluding hydrogens is 504 g/mol. The predicted molar refractivity (Wildman–Crippen MR) is 170 cm³/mol. The molecule has 1 aromatic carbocycles. The summed E-state index contributed by atoms with van der Waals surface area (Å²) in [6.45, 7) is 4.54. The average Bonchev–Trinajstić information content (AvgIpc) is 3.02. The highest BCUT2D eigenvalue weighted by Gasteiger charge is 2.27. The number of hydrogen-bond donors (Lipinski definition) is 0. The monoisotopic (exact) mass is 560 g/mol. The molecule has 0 unspecified atom stereocenters. The second-order valence-electron chi connectivity index (χ2n) is 13.1. The van der Waals surface area contributed by atoms with Gasteiger partial charge in [-0.3, -0.25) is 4.79 Å². The zero-order valence-electron chi connectivity index (χ0n) is 26.1. The van der Waals surface area contributed by atoms with Gasteiger partial charge in [-0.25, -0.2) is 9.97 Å². The Hall–Kier alpha value is -2.23. The van der Waals surface area contributed by atoms with Gasteiger partial charge in [0.05, 0.1) is 5.92 Å². The predicted octanol–water partition coefficient (Wildman–Crippen LogP) is 10.9. The summed E-state index contributed by atoms with van der Waals surface area (Å²) < 4.78 is 5.74. The number of rotatable bonds is 16. The summed E-state index contributed by atoms with van der Waals surface area (Å²) in [7, 11) is 0. The van der Waals surface area contributed by atoms with Crippen LogP contribution in [0.25, 0.3) is 11.4 Å². The highest BCUT2D eigenvalue weighted by Crippen LogP contribution is 2.38. The number of aromatic nitrogens is 2. The van der Waals surface area contributed by atoms with Crippen molar-refractivity contribution in [2.24, 2.45) is 17.8 Å². The average molecular weight is 561 g/mol. The molecule has 2 saturated carbocycles. The summed E-state index contributed by atoms with van der Waals surface area (Å²) in [6, 6.07) is 7.70. The topological polar surface area (TPSA) is 52.1 Å². The van der Waals surface area contributed by atoms with Gasteiger partial charge in [-0.15, -0.1) is 0 Å². The molecule has 4 heteroatoms. The van der Waals surface area contributed by atoms with Gasteiger partial charge in [-0.1, -0.05) is 90.9 Å². The number of hydrogen-bond acceptors (Lipinski definition) is 4. The van der Waals surface area contributed by atoms with E-state index >= 15 is 0 Å². The van der Waals surface area contributed by atoms with Crippen molar-refractivity contribution in [3.8, 4) is 17.1 Å². The maximum Gasteiger partial charge on any atom is 0.314 e. The quantitative estimate of drug-likeness (QED) is 0.116. The van der Waals surface area contributed by atoms with Gasteiger partial charge in [0, 0.05) is 18.0 Å². The number of benzene rings is 1. The fourth-order valence-electron chi connectivity index (χ4n) is 7.10. The normalized spacial score (nSPS) is 22.9. The van der Waals surface area contributed by atoms with E-state index < -0.39 is 0 Å². The summed E-state index contributed by atoms with van der Waals surface area (Å²) in [4.78, 5) is 22.1. The summed E-state index contributed by atoms with van der Waals surface area (Å²) in [5, 5.41) is 0. The number of ether oxygens (including phenoxy) is 1. The van der Waals surface area contributed by atoms with Crippen molar-refractivity contribution in [1.29, 1.82) is 0 Å². The van der Waals surface area contributed by atoms with Crippen LogP contribution in [0.3, 0.4) is 0 Å². The van der Waals surface area contributed by atoms with Crippen molar-refractivity contribution in [2.75, 3.05) is 0 Å². The van der Waals surface area contributed by atoms with Crippen LogP contribution in [-0.2, 0) is 4.79 Å². The molecule has 0 bridgehead atoms. The molecule has 2 aliphatic rings. The van der Waals surface area contributed by atoms with Crippen LogP contribution in [0.15, 0.2) is 36.7 Å². The van der Waals surface area contributed by atoms with E-state index in [-0.39, 0.29) is 11.9 Å². The molecule has 0 N–H and O–H groups in total. The second kappa shape index (κ2) is 17.7. The first kappa shape index (κ1) is 31.7. The molecule has 0 atom stereocenters. The Kier molecular flexibility index (Phi) is 13.7. The lowest BCUT2D eigenvalue weighted by molar-refractivity contribution is -0.140. The molecule has 0 saturated heterocycles. The Labute approximate surface area is 250 Å². The van der Waals surface area contributed by atoms with E-state index in [1.807, 2.05) is 36.7 Å². The van der Waals surface area contributed by atoms with E-state index in [0.29, 0.717) is 11.7 Å². The summed E-state index contributed by atoms with van der Waals surface area (Å²) in [5.74, 6) is 3.64. The van der Waals surface area contributed by atoms with Gasteiger partial charge in [0.2, 0.25) is 0 Å². The lowest BCUT2D eigenvalue weighted by atomic mass is 9.77. The summed E-state index contributed by atoms with van der Waals surface area (Å²) in [6.07, 6.45) is 30.2. The van der Waals surface area contributed by atoms with Crippen LogP contribution in [0.4, 0.5) is 0 Å². The number of nitrogens with zero attached hydrogens (tertiary/aromatic N) is 2. The minimum atomic E-state index is -0.0696.